The van der Waals surface area contributed by atoms with Crippen LogP contribution in [0.25, 0.3) is 0 Å². The normalized spacial score (nSPS) is 44.7. The summed E-state index contributed by atoms with van der Waals surface area (Å²) in [6, 6.07) is 0. The molecule has 0 unspecified atom stereocenters. The molecule has 0 heterocycles. The first-order chi connectivity index (χ1) is 10.7. The molecule has 0 aromatic heterocycles. The number of fused-ring (bicyclic) bond motifs is 1. The van der Waals surface area contributed by atoms with Gasteiger partial charge in [-0.05, 0) is 60.2 Å². The molecule has 2 rings (SSSR count). The van der Waals surface area contributed by atoms with E-state index >= 15 is 0 Å². The Hall–Kier alpha value is 0.137. The van der Waals surface area contributed by atoms with Gasteiger partial charge in [0.25, 0.3) is 0 Å². The van der Waals surface area contributed by atoms with E-state index in [2.05, 4.69) is 41.5 Å². The molecule has 23 heavy (non-hydrogen) atoms. The molecule has 2 aliphatic carbocycles. The lowest BCUT2D eigenvalue weighted by Gasteiger charge is -2.63. The van der Waals surface area contributed by atoms with Gasteiger partial charge in [-0.2, -0.15) is 0 Å². The van der Waals surface area contributed by atoms with E-state index in [9.17, 15) is 5.11 Å². The fourth-order valence-corrected chi connectivity index (χ4v) is 6.77. The summed E-state index contributed by atoms with van der Waals surface area (Å²) < 4.78 is 6.16. The highest BCUT2D eigenvalue weighted by atomic mass is 28.2. The van der Waals surface area contributed by atoms with Gasteiger partial charge in [0.2, 0.25) is 0 Å². The second-order valence-corrected chi connectivity index (χ2v) is 10.0. The molecular weight excluding hydrogens is 300 g/mol. The average Bonchev–Trinajstić information content (AvgIpc) is 2.49. The monoisotopic (exact) mass is 340 g/mol. The molecule has 0 aromatic carbocycles. The Morgan fingerprint density at radius 1 is 1.30 bits per heavy atom. The van der Waals surface area contributed by atoms with Crippen LogP contribution in [-0.4, -0.2) is 27.8 Å². The third kappa shape index (κ3) is 3.43. The zero-order chi connectivity index (χ0) is 17.4. The Balaban J connectivity index is 2.34. The molecule has 2 nitrogen and oxygen atoms in total. The fourth-order valence-electron chi connectivity index (χ4n) is 6.03. The highest BCUT2D eigenvalue weighted by Crippen LogP contribution is 2.62. The van der Waals surface area contributed by atoms with Crippen molar-refractivity contribution in [2.45, 2.75) is 92.3 Å². The lowest BCUT2D eigenvalue weighted by Crippen LogP contribution is -2.61. The van der Waals surface area contributed by atoms with Crippen LogP contribution in [0.2, 0.25) is 0 Å². The van der Waals surface area contributed by atoms with Crippen LogP contribution in [0.15, 0.2) is 0 Å². The zero-order valence-corrected chi connectivity index (χ0v) is 18.6. The van der Waals surface area contributed by atoms with Gasteiger partial charge in [-0.1, -0.05) is 54.4 Å². The van der Waals surface area contributed by atoms with Crippen LogP contribution in [0.5, 0.6) is 0 Å². The van der Waals surface area contributed by atoms with Crippen molar-refractivity contribution in [3.8, 4) is 0 Å². The van der Waals surface area contributed by atoms with E-state index in [1.54, 1.807) is 0 Å². The highest BCUT2D eigenvalue weighted by molar-refractivity contribution is 5.98. The predicted molar refractivity (Wildman–Crippen MR) is 101 cm³/mol. The van der Waals surface area contributed by atoms with Crippen LogP contribution in [0, 0.1) is 34.5 Å². The van der Waals surface area contributed by atoms with Crippen molar-refractivity contribution >= 4 is 10.5 Å². The van der Waals surface area contributed by atoms with Crippen LogP contribution in [-0.2, 0) is 4.43 Å². The number of aliphatic hydroxyl groups is 1. The highest BCUT2D eigenvalue weighted by Gasteiger charge is 2.59. The number of hydrogen-bond donors (Lipinski definition) is 1. The van der Waals surface area contributed by atoms with Crippen LogP contribution < -0.4 is 0 Å². The zero-order valence-electron chi connectivity index (χ0n) is 16.6. The first-order valence-electron chi connectivity index (χ1n) is 9.89. The van der Waals surface area contributed by atoms with E-state index in [-0.39, 0.29) is 11.5 Å². The average molecular weight is 341 g/mol. The molecule has 0 saturated heterocycles. The van der Waals surface area contributed by atoms with E-state index in [1.807, 2.05) is 0 Å². The van der Waals surface area contributed by atoms with Gasteiger partial charge >= 0.3 is 0 Å². The molecule has 0 bridgehead atoms. The van der Waals surface area contributed by atoms with Crippen molar-refractivity contribution in [1.82, 2.24) is 0 Å². The Labute approximate surface area is 147 Å². The van der Waals surface area contributed by atoms with Gasteiger partial charge in [0.05, 0.1) is 6.10 Å². The summed E-state index contributed by atoms with van der Waals surface area (Å²) in [4.78, 5) is 0. The molecule has 2 fully saturated rings. The third-order valence-electron chi connectivity index (χ3n) is 7.91. The maximum Gasteiger partial charge on any atom is 0.146 e. The van der Waals surface area contributed by atoms with E-state index in [1.165, 1.54) is 32.1 Å². The summed E-state index contributed by atoms with van der Waals surface area (Å²) in [6.45, 7) is 14.3. The van der Waals surface area contributed by atoms with Gasteiger partial charge in [-0.15, -0.1) is 0 Å². The van der Waals surface area contributed by atoms with Gasteiger partial charge in [-0.25, -0.2) is 0 Å². The van der Waals surface area contributed by atoms with Gasteiger partial charge in [-0.3, -0.25) is 0 Å². The Morgan fingerprint density at radius 3 is 2.52 bits per heavy atom. The largest absolute Gasteiger partial charge is 0.424 e. The second kappa shape index (κ2) is 7.17. The van der Waals surface area contributed by atoms with E-state index < -0.39 is 0 Å². The van der Waals surface area contributed by atoms with Crippen molar-refractivity contribution in [3.05, 3.63) is 0 Å². The van der Waals surface area contributed by atoms with E-state index in [4.69, 9.17) is 4.43 Å². The number of hydrogen-bond acceptors (Lipinski definition) is 2. The van der Waals surface area contributed by atoms with Crippen molar-refractivity contribution < 1.29 is 9.53 Å². The molecular formula is C20H40O2Si. The summed E-state index contributed by atoms with van der Waals surface area (Å²) in [5.41, 5.74) is 0.552. The molecule has 3 heteroatoms. The minimum absolute atomic E-state index is 0.137. The fraction of sp³-hybridized carbons (Fsp3) is 1.00. The Morgan fingerprint density at radius 2 is 1.96 bits per heavy atom. The summed E-state index contributed by atoms with van der Waals surface area (Å²) in [5.74, 6) is 2.35. The second-order valence-electron chi connectivity index (χ2n) is 9.53. The third-order valence-corrected chi connectivity index (χ3v) is 8.48. The predicted octanol–water partition coefficient (Wildman–Crippen LogP) is 3.94. The first-order valence-corrected chi connectivity index (χ1v) is 10.7. The maximum absolute atomic E-state index is 10.8. The molecule has 2 saturated carbocycles. The van der Waals surface area contributed by atoms with E-state index in [0.717, 1.165) is 22.8 Å². The molecule has 1 N–H and O–H groups in total. The topological polar surface area (TPSA) is 29.5 Å². The van der Waals surface area contributed by atoms with Gasteiger partial charge in [0.15, 0.2) is 0 Å². The summed E-state index contributed by atoms with van der Waals surface area (Å²) in [6.07, 6.45) is 7.46. The van der Waals surface area contributed by atoms with Crippen molar-refractivity contribution in [1.29, 1.82) is 0 Å². The minimum atomic E-state index is -0.137. The lowest BCUT2D eigenvalue weighted by molar-refractivity contribution is -0.186. The molecule has 0 aromatic rings. The molecule has 2 aliphatic rings. The summed E-state index contributed by atoms with van der Waals surface area (Å²) >= 11 is 0. The molecule has 0 aliphatic heterocycles. The van der Waals surface area contributed by atoms with Crippen molar-refractivity contribution in [3.63, 3.8) is 0 Å². The number of aliphatic hydroxyl groups excluding tert-OH is 1. The molecule has 0 radical (unpaired) electrons. The van der Waals surface area contributed by atoms with Gasteiger partial charge in [0, 0.05) is 6.10 Å². The minimum Gasteiger partial charge on any atom is -0.424 e. The lowest BCUT2D eigenvalue weighted by atomic mass is 9.44. The molecule has 7 atom stereocenters. The quantitative estimate of drug-likeness (QED) is 0.768. The maximum atomic E-state index is 10.8. The first kappa shape index (κ1) is 19.5. The number of rotatable bonds is 5. The van der Waals surface area contributed by atoms with Gasteiger partial charge in [0.1, 0.15) is 10.5 Å². The van der Waals surface area contributed by atoms with Crippen LogP contribution in [0.4, 0.5) is 0 Å². The van der Waals surface area contributed by atoms with Crippen LogP contribution in [0.3, 0.4) is 0 Å². The SMILES string of the molecule is CC[C@@H](C)CC[C@H]1[C@@H](C)[C@H](O)C[C@H]2C(C)(C)CC[C@@H](O[SiH3])[C@]12C. The smallest absolute Gasteiger partial charge is 0.146 e. The van der Waals surface area contributed by atoms with Gasteiger partial charge < -0.3 is 9.53 Å². The summed E-state index contributed by atoms with van der Waals surface area (Å²) in [5, 5.41) is 10.8. The van der Waals surface area contributed by atoms with Crippen molar-refractivity contribution in [2.24, 2.45) is 34.5 Å². The van der Waals surface area contributed by atoms with E-state index in [0.29, 0.717) is 29.3 Å². The Bertz CT molecular complexity index is 397. The molecule has 136 valence electrons. The van der Waals surface area contributed by atoms with Crippen molar-refractivity contribution in [2.75, 3.05) is 0 Å². The molecule has 0 amide bonds. The van der Waals surface area contributed by atoms with Crippen LogP contribution >= 0.6 is 0 Å². The molecule has 0 spiro atoms. The summed E-state index contributed by atoms with van der Waals surface area (Å²) in [7, 11) is 0.826. The Kier molecular flexibility index (Phi) is 6.07. The van der Waals surface area contributed by atoms with Crippen LogP contribution in [0.1, 0.15) is 80.1 Å². The standard InChI is InChI=1S/C20H40O2Si/c1-7-13(2)8-9-15-14(3)16(21)12-17-19(4,5)11-10-18(22-23)20(15,17)6/h13-18,21H,7-12H2,1-6,23H3/t13-,14-,15+,16-,17+,18-,20-/m1/s1.